The first-order valence-electron chi connectivity index (χ1n) is 14.2. The van der Waals surface area contributed by atoms with Gasteiger partial charge >= 0.3 is 0 Å². The molecule has 0 unspecified atom stereocenters. The minimum atomic E-state index is -1.41. The molecule has 0 saturated heterocycles. The number of benzene rings is 2. The molecule has 0 N–H and O–H groups in total. The number of hydrogen-bond acceptors (Lipinski definition) is 0. The summed E-state index contributed by atoms with van der Waals surface area (Å²) in [5.74, 6) is -4.51. The van der Waals surface area contributed by atoms with Crippen molar-refractivity contribution in [2.75, 3.05) is 0 Å². The summed E-state index contributed by atoms with van der Waals surface area (Å²) in [6, 6.07) is 6.53. The molecule has 208 valence electrons. The molecule has 2 saturated carbocycles. The van der Waals surface area contributed by atoms with E-state index in [-0.39, 0.29) is 23.8 Å². The summed E-state index contributed by atoms with van der Waals surface area (Å²) in [6.07, 6.45) is 11.1. The molecule has 0 heterocycles. The summed E-state index contributed by atoms with van der Waals surface area (Å²) in [6.45, 7) is 1.91. The molecule has 0 radical (unpaired) electrons. The Morgan fingerprint density at radius 1 is 0.711 bits per heavy atom. The van der Waals surface area contributed by atoms with Crippen LogP contribution in [0.15, 0.2) is 36.2 Å². The van der Waals surface area contributed by atoms with Gasteiger partial charge in [-0.2, -0.15) is 0 Å². The average Bonchev–Trinajstić information content (AvgIpc) is 2.93. The Morgan fingerprint density at radius 3 is 1.79 bits per heavy atom. The first-order valence-corrected chi connectivity index (χ1v) is 14.2. The predicted octanol–water partition coefficient (Wildman–Crippen LogP) is 11.1. The van der Waals surface area contributed by atoms with Crippen LogP contribution in [0.4, 0.5) is 26.3 Å². The number of unbranched alkanes of at least 4 members (excludes halogenated alkanes) is 1. The monoisotopic (exact) mass is 536 g/mol. The van der Waals surface area contributed by atoms with Crippen LogP contribution in [-0.2, 0) is 0 Å². The maximum absolute atomic E-state index is 14.8. The molecule has 0 spiro atoms. The van der Waals surface area contributed by atoms with Gasteiger partial charge in [0, 0.05) is 12.0 Å². The van der Waals surface area contributed by atoms with Crippen LogP contribution in [0, 0.1) is 35.1 Å². The summed E-state index contributed by atoms with van der Waals surface area (Å²) >= 11 is 0. The van der Waals surface area contributed by atoms with Crippen LogP contribution in [0.2, 0.25) is 0 Å². The molecule has 2 aromatic rings. The number of allylic oxidation sites excluding steroid dienone is 1. The van der Waals surface area contributed by atoms with E-state index in [0.29, 0.717) is 29.4 Å². The lowest BCUT2D eigenvalue weighted by atomic mass is 9.73. The van der Waals surface area contributed by atoms with Crippen molar-refractivity contribution in [3.63, 3.8) is 0 Å². The molecule has 2 aliphatic carbocycles. The topological polar surface area (TPSA) is 0 Å². The quantitative estimate of drug-likeness (QED) is 0.221. The van der Waals surface area contributed by atoms with Crippen LogP contribution in [0.25, 0.3) is 5.83 Å². The Bertz CT molecular complexity index is 1080. The highest BCUT2D eigenvalue weighted by molar-refractivity contribution is 5.61. The van der Waals surface area contributed by atoms with Crippen molar-refractivity contribution in [2.45, 2.75) is 102 Å². The highest BCUT2D eigenvalue weighted by Gasteiger charge is 2.28. The van der Waals surface area contributed by atoms with E-state index < -0.39 is 34.9 Å². The normalized spacial score (nSPS) is 24.8. The largest absolute Gasteiger partial charge is 0.209 e. The van der Waals surface area contributed by atoms with Gasteiger partial charge < -0.3 is 0 Å². The van der Waals surface area contributed by atoms with E-state index in [1.165, 1.54) is 6.07 Å². The maximum Gasteiger partial charge on any atom is 0.194 e. The third-order valence-electron chi connectivity index (χ3n) is 8.84. The molecule has 0 bridgehead atoms. The van der Waals surface area contributed by atoms with E-state index in [2.05, 4.69) is 0 Å². The van der Waals surface area contributed by atoms with Crippen molar-refractivity contribution >= 4 is 5.83 Å². The lowest BCUT2D eigenvalue weighted by Crippen LogP contribution is -2.18. The van der Waals surface area contributed by atoms with Crippen molar-refractivity contribution < 1.29 is 26.3 Å². The second-order valence-electron chi connectivity index (χ2n) is 11.4. The Balaban J connectivity index is 1.22. The highest BCUT2D eigenvalue weighted by Crippen LogP contribution is 2.42. The summed E-state index contributed by atoms with van der Waals surface area (Å²) in [4.78, 5) is 0. The van der Waals surface area contributed by atoms with E-state index in [0.717, 1.165) is 88.8 Å². The van der Waals surface area contributed by atoms with Crippen molar-refractivity contribution in [2.24, 2.45) is 11.8 Å². The molecule has 0 nitrogen and oxygen atoms in total. The molecule has 0 atom stereocenters. The van der Waals surface area contributed by atoms with E-state index >= 15 is 0 Å². The van der Waals surface area contributed by atoms with Gasteiger partial charge in [-0.05, 0) is 111 Å². The molecule has 0 aromatic heterocycles. The molecule has 2 aromatic carbocycles. The van der Waals surface area contributed by atoms with Crippen molar-refractivity contribution in [3.8, 4) is 0 Å². The van der Waals surface area contributed by atoms with Gasteiger partial charge in [-0.15, -0.1) is 0 Å². The Labute approximate surface area is 222 Å². The van der Waals surface area contributed by atoms with E-state index in [1.54, 1.807) is 6.07 Å². The fourth-order valence-corrected chi connectivity index (χ4v) is 6.42. The van der Waals surface area contributed by atoms with Gasteiger partial charge in [-0.1, -0.05) is 38.3 Å². The van der Waals surface area contributed by atoms with Crippen molar-refractivity contribution in [1.82, 2.24) is 0 Å². The van der Waals surface area contributed by atoms with Crippen LogP contribution in [0.1, 0.15) is 119 Å². The van der Waals surface area contributed by atoms with Crippen molar-refractivity contribution in [1.29, 1.82) is 0 Å². The zero-order valence-electron chi connectivity index (χ0n) is 22.2. The average molecular weight is 537 g/mol. The van der Waals surface area contributed by atoms with Crippen molar-refractivity contribution in [3.05, 3.63) is 76.1 Å². The number of rotatable bonds is 9. The summed E-state index contributed by atoms with van der Waals surface area (Å²) in [5, 5.41) is 0. The zero-order chi connectivity index (χ0) is 27.2. The lowest BCUT2D eigenvalue weighted by molar-refractivity contribution is 0.250. The summed E-state index contributed by atoms with van der Waals surface area (Å²) in [5.41, 5.74) is 1.12. The number of hydrogen-bond donors (Lipinski definition) is 0. The van der Waals surface area contributed by atoms with E-state index in [9.17, 15) is 26.3 Å². The fourth-order valence-electron chi connectivity index (χ4n) is 6.42. The molecule has 0 aliphatic heterocycles. The first kappa shape index (κ1) is 28.8. The predicted molar refractivity (Wildman–Crippen MR) is 140 cm³/mol. The summed E-state index contributed by atoms with van der Waals surface area (Å²) < 4.78 is 83.7. The third kappa shape index (κ3) is 7.04. The Hall–Kier alpha value is -2.24. The number of halogens is 6. The highest BCUT2D eigenvalue weighted by atomic mass is 19.2. The fraction of sp³-hybridized carbons (Fsp3) is 0.562. The second kappa shape index (κ2) is 13.2. The zero-order valence-corrected chi connectivity index (χ0v) is 22.2. The molecule has 0 amide bonds. The van der Waals surface area contributed by atoms with Gasteiger partial charge in [0.25, 0.3) is 0 Å². The van der Waals surface area contributed by atoms with Crippen LogP contribution >= 0.6 is 0 Å². The molecular weight excluding hydrogens is 498 g/mol. The molecule has 2 aliphatic rings. The second-order valence-corrected chi connectivity index (χ2v) is 11.4. The van der Waals surface area contributed by atoms with Gasteiger partial charge in [0.1, 0.15) is 11.6 Å². The first-order chi connectivity index (χ1) is 18.3. The molecule has 38 heavy (non-hydrogen) atoms. The third-order valence-corrected chi connectivity index (χ3v) is 8.84. The minimum Gasteiger partial charge on any atom is -0.209 e. The maximum atomic E-state index is 14.8. The SMILES string of the molecule is CCCC/C(F)=C(\F)c1ccc(C2CCC(CCC3CCC(c4cc(F)c(F)c(F)c4)CC3)CC2)c(F)c1. The molecule has 4 rings (SSSR count). The molecule has 6 heteroatoms. The van der Waals surface area contributed by atoms with Gasteiger partial charge in [-0.25, -0.2) is 26.3 Å². The Morgan fingerprint density at radius 2 is 1.26 bits per heavy atom. The minimum absolute atomic E-state index is 0.0297. The van der Waals surface area contributed by atoms with Crippen LogP contribution in [0.5, 0.6) is 0 Å². The summed E-state index contributed by atoms with van der Waals surface area (Å²) in [7, 11) is 0. The van der Waals surface area contributed by atoms with Gasteiger partial charge in [0.15, 0.2) is 23.3 Å². The molecular formula is C32H38F6. The standard InChI is InChI=1S/C32H38F6/c1-2-3-4-27(33)31(37)24-15-16-26(28(34)17-24)23-13-9-21(10-14-23)6-5-20-7-11-22(12-8-20)25-18-29(35)32(38)30(36)19-25/h15-23H,2-14H2,1H3/b31-27+. The van der Waals surface area contributed by atoms with Gasteiger partial charge in [0.05, 0.1) is 0 Å². The Kier molecular flexibility index (Phi) is 10.00. The van der Waals surface area contributed by atoms with Gasteiger partial charge in [-0.3, -0.25) is 0 Å². The van der Waals surface area contributed by atoms with Crippen LogP contribution in [-0.4, -0.2) is 0 Å². The van der Waals surface area contributed by atoms with Crippen LogP contribution in [0.3, 0.4) is 0 Å². The van der Waals surface area contributed by atoms with Crippen LogP contribution < -0.4 is 0 Å². The molecule has 2 fully saturated rings. The van der Waals surface area contributed by atoms with E-state index in [4.69, 9.17) is 0 Å². The smallest absolute Gasteiger partial charge is 0.194 e. The van der Waals surface area contributed by atoms with E-state index in [1.807, 2.05) is 6.92 Å². The lowest BCUT2D eigenvalue weighted by Gasteiger charge is -2.32. The van der Waals surface area contributed by atoms with Gasteiger partial charge in [0.2, 0.25) is 0 Å².